The summed E-state index contributed by atoms with van der Waals surface area (Å²) in [6.07, 6.45) is 6.21. The predicted molar refractivity (Wildman–Crippen MR) is 89.5 cm³/mol. The fourth-order valence-corrected chi connectivity index (χ4v) is 4.35. The van der Waals surface area contributed by atoms with Crippen molar-refractivity contribution in [1.82, 2.24) is 14.7 Å². The Hall–Kier alpha value is -1.21. The van der Waals surface area contributed by atoms with Gasteiger partial charge < -0.3 is 9.47 Å². The summed E-state index contributed by atoms with van der Waals surface area (Å²) in [5, 5.41) is 6.44. The molecule has 1 spiro atoms. The van der Waals surface area contributed by atoms with Crippen molar-refractivity contribution in [3.05, 3.63) is 40.8 Å². The van der Waals surface area contributed by atoms with Gasteiger partial charge in [0.25, 0.3) is 0 Å². The first-order valence-electron chi connectivity index (χ1n) is 8.29. The van der Waals surface area contributed by atoms with Crippen LogP contribution in [0.25, 0.3) is 0 Å². The van der Waals surface area contributed by atoms with Gasteiger partial charge in [0.05, 0.1) is 25.9 Å². The zero-order chi connectivity index (χ0) is 15.5. The molecule has 4 heterocycles. The maximum absolute atomic E-state index is 6.47. The van der Waals surface area contributed by atoms with Crippen molar-refractivity contribution in [3.63, 3.8) is 0 Å². The standard InChI is InChI=1S/C17H23N3O2S/c1-3-16(23-10-1)12-19-8-9-21-14-17(13-19)5-4-15(22-17)11-20-7-2-6-18-20/h1-3,6-7,10,15H,4-5,8-9,11-14H2/t15-,17-/m0/s1. The number of rotatable bonds is 4. The molecular weight excluding hydrogens is 310 g/mol. The Kier molecular flexibility index (Phi) is 4.48. The molecule has 0 N–H and O–H groups in total. The van der Waals surface area contributed by atoms with Gasteiger partial charge in [-0.05, 0) is 30.4 Å². The second kappa shape index (κ2) is 6.73. The number of aromatic nitrogens is 2. The quantitative estimate of drug-likeness (QED) is 0.861. The van der Waals surface area contributed by atoms with Crippen LogP contribution in [0, 0.1) is 0 Å². The van der Waals surface area contributed by atoms with Gasteiger partial charge in [0.2, 0.25) is 0 Å². The molecule has 4 rings (SSSR count). The van der Waals surface area contributed by atoms with Crippen molar-refractivity contribution in [3.8, 4) is 0 Å². The minimum absolute atomic E-state index is 0.147. The maximum Gasteiger partial charge on any atom is 0.105 e. The van der Waals surface area contributed by atoms with Crippen molar-refractivity contribution >= 4 is 11.3 Å². The van der Waals surface area contributed by atoms with Gasteiger partial charge in [0.1, 0.15) is 5.60 Å². The maximum atomic E-state index is 6.47. The number of thiophene rings is 1. The minimum atomic E-state index is -0.147. The van der Waals surface area contributed by atoms with Crippen LogP contribution in [-0.2, 0) is 22.6 Å². The summed E-state index contributed by atoms with van der Waals surface area (Å²) in [4.78, 5) is 3.89. The monoisotopic (exact) mass is 333 g/mol. The van der Waals surface area contributed by atoms with E-state index < -0.39 is 0 Å². The first kappa shape index (κ1) is 15.3. The topological polar surface area (TPSA) is 39.5 Å². The van der Waals surface area contributed by atoms with E-state index >= 15 is 0 Å². The van der Waals surface area contributed by atoms with E-state index in [1.165, 1.54) is 4.88 Å². The molecule has 0 unspecified atom stereocenters. The SMILES string of the molecule is c1csc(CN2CCOC[C@]3(CC[C@@H](Cn4cccn4)O3)C2)c1. The second-order valence-electron chi connectivity index (χ2n) is 6.53. The summed E-state index contributed by atoms with van der Waals surface area (Å²) >= 11 is 1.82. The zero-order valence-corrected chi connectivity index (χ0v) is 14.1. The summed E-state index contributed by atoms with van der Waals surface area (Å²) < 4.78 is 14.3. The van der Waals surface area contributed by atoms with Gasteiger partial charge in [-0.2, -0.15) is 5.10 Å². The Morgan fingerprint density at radius 3 is 3.22 bits per heavy atom. The molecule has 2 aromatic heterocycles. The van der Waals surface area contributed by atoms with E-state index in [4.69, 9.17) is 9.47 Å². The zero-order valence-electron chi connectivity index (χ0n) is 13.3. The van der Waals surface area contributed by atoms with Crippen LogP contribution in [-0.4, -0.2) is 52.7 Å². The van der Waals surface area contributed by atoms with E-state index in [9.17, 15) is 0 Å². The highest BCUT2D eigenvalue weighted by Gasteiger charge is 2.43. The second-order valence-corrected chi connectivity index (χ2v) is 7.56. The van der Waals surface area contributed by atoms with Crippen LogP contribution < -0.4 is 0 Å². The number of hydrogen-bond acceptors (Lipinski definition) is 5. The van der Waals surface area contributed by atoms with E-state index in [1.54, 1.807) is 0 Å². The Labute approximate surface area is 140 Å². The molecule has 2 aliphatic rings. The molecule has 0 amide bonds. The minimum Gasteiger partial charge on any atom is -0.377 e. The molecule has 0 saturated carbocycles. The molecule has 0 radical (unpaired) electrons. The molecular formula is C17H23N3O2S. The molecule has 2 fully saturated rings. The van der Waals surface area contributed by atoms with Crippen LogP contribution in [0.5, 0.6) is 0 Å². The van der Waals surface area contributed by atoms with Crippen LogP contribution in [0.4, 0.5) is 0 Å². The molecule has 0 aliphatic carbocycles. The van der Waals surface area contributed by atoms with Crippen LogP contribution in [0.15, 0.2) is 36.0 Å². The van der Waals surface area contributed by atoms with Crippen LogP contribution in [0.1, 0.15) is 17.7 Å². The van der Waals surface area contributed by atoms with E-state index in [0.29, 0.717) is 6.61 Å². The lowest BCUT2D eigenvalue weighted by Crippen LogP contribution is -2.44. The highest BCUT2D eigenvalue weighted by molar-refractivity contribution is 7.09. The summed E-state index contributed by atoms with van der Waals surface area (Å²) in [5.41, 5.74) is -0.147. The molecule has 0 bridgehead atoms. The molecule has 124 valence electrons. The van der Waals surface area contributed by atoms with Crippen molar-refractivity contribution in [2.24, 2.45) is 0 Å². The third-order valence-electron chi connectivity index (χ3n) is 4.68. The van der Waals surface area contributed by atoms with Gasteiger partial charge in [-0.25, -0.2) is 0 Å². The van der Waals surface area contributed by atoms with Gasteiger partial charge in [-0.1, -0.05) is 6.07 Å². The fourth-order valence-electron chi connectivity index (χ4n) is 3.61. The lowest BCUT2D eigenvalue weighted by molar-refractivity contribution is -0.0904. The average Bonchev–Trinajstić information content (AvgIpc) is 3.25. The summed E-state index contributed by atoms with van der Waals surface area (Å²) in [6.45, 7) is 5.27. The van der Waals surface area contributed by atoms with Crippen LogP contribution in [0.3, 0.4) is 0 Å². The van der Waals surface area contributed by atoms with Gasteiger partial charge in [-0.15, -0.1) is 11.3 Å². The Morgan fingerprint density at radius 1 is 1.39 bits per heavy atom. The Bertz CT molecular complexity index is 601. The lowest BCUT2D eigenvalue weighted by Gasteiger charge is -2.31. The molecule has 2 atom stereocenters. The van der Waals surface area contributed by atoms with E-state index in [0.717, 1.165) is 45.6 Å². The van der Waals surface area contributed by atoms with Crippen molar-refractivity contribution in [2.75, 3.05) is 26.3 Å². The molecule has 2 aliphatic heterocycles. The average molecular weight is 333 g/mol. The van der Waals surface area contributed by atoms with E-state index in [-0.39, 0.29) is 11.7 Å². The molecule has 5 nitrogen and oxygen atoms in total. The third-order valence-corrected chi connectivity index (χ3v) is 5.54. The van der Waals surface area contributed by atoms with Crippen molar-refractivity contribution in [1.29, 1.82) is 0 Å². The summed E-state index contributed by atoms with van der Waals surface area (Å²) in [6, 6.07) is 6.29. The highest BCUT2D eigenvalue weighted by Crippen LogP contribution is 2.34. The number of hydrogen-bond donors (Lipinski definition) is 0. The fraction of sp³-hybridized carbons (Fsp3) is 0.588. The normalized spacial score (nSPS) is 29.1. The number of ether oxygens (including phenoxy) is 2. The largest absolute Gasteiger partial charge is 0.377 e. The van der Waals surface area contributed by atoms with Crippen molar-refractivity contribution in [2.45, 2.75) is 37.6 Å². The Morgan fingerprint density at radius 2 is 2.39 bits per heavy atom. The van der Waals surface area contributed by atoms with E-state index in [2.05, 4.69) is 27.5 Å². The van der Waals surface area contributed by atoms with E-state index in [1.807, 2.05) is 34.5 Å². The summed E-state index contributed by atoms with van der Waals surface area (Å²) in [7, 11) is 0. The number of nitrogens with zero attached hydrogens (tertiary/aromatic N) is 3. The van der Waals surface area contributed by atoms with Crippen LogP contribution >= 0.6 is 11.3 Å². The lowest BCUT2D eigenvalue weighted by atomic mass is 10.00. The first-order chi connectivity index (χ1) is 11.3. The molecule has 2 saturated heterocycles. The molecule has 2 aromatic rings. The Balaban J connectivity index is 1.40. The van der Waals surface area contributed by atoms with Gasteiger partial charge in [0.15, 0.2) is 0 Å². The van der Waals surface area contributed by atoms with Crippen molar-refractivity contribution < 1.29 is 9.47 Å². The van der Waals surface area contributed by atoms with Gasteiger partial charge >= 0.3 is 0 Å². The molecule has 0 aromatic carbocycles. The summed E-state index contributed by atoms with van der Waals surface area (Å²) in [5.74, 6) is 0. The molecule has 6 heteroatoms. The van der Waals surface area contributed by atoms with Crippen LogP contribution in [0.2, 0.25) is 0 Å². The first-order valence-corrected chi connectivity index (χ1v) is 9.17. The molecule has 23 heavy (non-hydrogen) atoms. The predicted octanol–water partition coefficient (Wildman–Crippen LogP) is 2.39. The smallest absolute Gasteiger partial charge is 0.105 e. The highest BCUT2D eigenvalue weighted by atomic mass is 32.1. The van der Waals surface area contributed by atoms with Gasteiger partial charge in [0, 0.05) is 36.9 Å². The van der Waals surface area contributed by atoms with Gasteiger partial charge in [-0.3, -0.25) is 9.58 Å². The third kappa shape index (κ3) is 3.66.